The van der Waals surface area contributed by atoms with Crippen LogP contribution in [0.4, 0.5) is 5.13 Å². The highest BCUT2D eigenvalue weighted by Crippen LogP contribution is 2.40. The molecule has 0 bridgehead atoms. The molecule has 256 valence electrons. The molecule has 2 unspecified atom stereocenters. The molecular formula is C28H35N5O11S3. The number of ether oxygens (including phenoxy) is 2. The molecule has 0 radical (unpaired) electrons. The van der Waals surface area contributed by atoms with E-state index in [1.807, 2.05) is 0 Å². The number of β-lactam (4-membered cyclic amide) rings is 1. The molecular weight excluding hydrogens is 679 g/mol. The maximum absolute atomic E-state index is 12.5. The maximum Gasteiger partial charge on any atom is 0.352 e. The Morgan fingerprint density at radius 3 is 2.43 bits per heavy atom. The van der Waals surface area contributed by atoms with Crippen LogP contribution in [0.2, 0.25) is 0 Å². The van der Waals surface area contributed by atoms with Crippen molar-refractivity contribution in [2.45, 2.75) is 51.2 Å². The third-order valence-electron chi connectivity index (χ3n) is 6.29. The number of benzene rings is 1. The van der Waals surface area contributed by atoms with Gasteiger partial charge in [-0.3, -0.25) is 19.3 Å². The van der Waals surface area contributed by atoms with Crippen LogP contribution in [-0.2, 0) is 48.7 Å². The number of nitrogens with zero attached hydrogens (tertiary/aromatic N) is 3. The van der Waals surface area contributed by atoms with Gasteiger partial charge in [0.25, 0.3) is 21.9 Å². The third kappa shape index (κ3) is 9.74. The van der Waals surface area contributed by atoms with Crippen molar-refractivity contribution in [3.63, 3.8) is 0 Å². The summed E-state index contributed by atoms with van der Waals surface area (Å²) in [6, 6.07) is 7.71. The number of fused-ring (bicyclic) bond motifs is 1. The number of nitrogens with two attached hydrogens (primary N) is 1. The highest BCUT2D eigenvalue weighted by molar-refractivity contribution is 8.00. The van der Waals surface area contributed by atoms with Crippen molar-refractivity contribution in [2.24, 2.45) is 10.6 Å². The van der Waals surface area contributed by atoms with Crippen LogP contribution < -0.4 is 11.1 Å². The van der Waals surface area contributed by atoms with Crippen molar-refractivity contribution < 1.29 is 51.6 Å². The van der Waals surface area contributed by atoms with Crippen LogP contribution in [0.15, 0.2) is 52.1 Å². The first-order valence-electron chi connectivity index (χ1n) is 13.8. The Labute approximate surface area is 279 Å². The lowest BCUT2D eigenvalue weighted by Crippen LogP contribution is -2.71. The van der Waals surface area contributed by atoms with E-state index >= 15 is 0 Å². The number of methoxy groups -OCH3 is 1. The van der Waals surface area contributed by atoms with E-state index in [2.05, 4.69) is 15.5 Å². The van der Waals surface area contributed by atoms with E-state index in [9.17, 15) is 32.7 Å². The van der Waals surface area contributed by atoms with Crippen molar-refractivity contribution in [3.05, 3.63) is 58.2 Å². The number of esters is 1. The fraction of sp³-hybridized carbons (Fsp3) is 0.429. The van der Waals surface area contributed by atoms with Crippen LogP contribution in [-0.4, -0.2) is 95.3 Å². The number of rotatable bonds is 11. The van der Waals surface area contributed by atoms with Crippen LogP contribution in [0, 0.1) is 5.41 Å². The van der Waals surface area contributed by atoms with E-state index in [-0.39, 0.29) is 34.6 Å². The second-order valence-corrected chi connectivity index (χ2v) is 14.7. The van der Waals surface area contributed by atoms with E-state index in [0.717, 1.165) is 16.2 Å². The first kappa shape index (κ1) is 37.4. The SMILES string of the molecule is CC(OC(=O)C(C)(C)C)OS(=O)(=O)Cc1ccccc1.COCC1=C(C(=O)O)N2C(=O)C(NC(=O)/C(=N\O)c3csc(N)n3)[C@H]2SC1. The Morgan fingerprint density at radius 1 is 1.23 bits per heavy atom. The minimum Gasteiger partial charge on any atom is -0.477 e. The normalized spacial score (nSPS) is 18.7. The van der Waals surface area contributed by atoms with Gasteiger partial charge in [0.15, 0.2) is 10.8 Å². The van der Waals surface area contributed by atoms with E-state index in [0.29, 0.717) is 16.9 Å². The second kappa shape index (κ2) is 15.7. The van der Waals surface area contributed by atoms with Gasteiger partial charge in [-0.05, 0) is 38.8 Å². The molecule has 47 heavy (non-hydrogen) atoms. The Bertz CT molecular complexity index is 1650. The molecule has 2 aliphatic rings. The summed E-state index contributed by atoms with van der Waals surface area (Å²) in [6.07, 6.45) is -1.14. The van der Waals surface area contributed by atoms with Gasteiger partial charge in [0.05, 0.1) is 12.0 Å². The van der Waals surface area contributed by atoms with E-state index in [1.165, 1.54) is 31.2 Å². The molecule has 1 aromatic carbocycles. The molecule has 0 saturated carbocycles. The Morgan fingerprint density at radius 2 is 1.89 bits per heavy atom. The molecule has 0 spiro atoms. The zero-order valence-electron chi connectivity index (χ0n) is 26.0. The zero-order valence-corrected chi connectivity index (χ0v) is 28.5. The Kier molecular flexibility index (Phi) is 12.5. The van der Waals surface area contributed by atoms with Crippen molar-refractivity contribution in [1.29, 1.82) is 0 Å². The summed E-state index contributed by atoms with van der Waals surface area (Å²) in [4.78, 5) is 53.0. The topological polar surface area (TPSA) is 237 Å². The van der Waals surface area contributed by atoms with Crippen LogP contribution in [0.1, 0.15) is 39.0 Å². The second-order valence-electron chi connectivity index (χ2n) is 11.1. The molecule has 19 heteroatoms. The summed E-state index contributed by atoms with van der Waals surface area (Å²) in [5, 5.41) is 25.0. The predicted octanol–water partition coefficient (Wildman–Crippen LogP) is 1.76. The lowest BCUT2D eigenvalue weighted by molar-refractivity contribution is -0.170. The number of amides is 2. The number of carboxylic acids is 1. The van der Waals surface area contributed by atoms with Gasteiger partial charge in [0.1, 0.15) is 28.6 Å². The summed E-state index contributed by atoms with van der Waals surface area (Å²) < 4.78 is 38.4. The number of anilines is 1. The van der Waals surface area contributed by atoms with E-state index in [4.69, 9.17) is 24.6 Å². The number of carbonyl (C=O) groups is 4. The molecule has 1 fully saturated rings. The number of nitrogens with one attached hydrogen (secondary N) is 1. The van der Waals surface area contributed by atoms with Gasteiger partial charge in [-0.1, -0.05) is 35.5 Å². The average molecular weight is 714 g/mol. The van der Waals surface area contributed by atoms with Gasteiger partial charge < -0.3 is 30.8 Å². The minimum absolute atomic E-state index is 0.0749. The van der Waals surface area contributed by atoms with Crippen molar-refractivity contribution >= 4 is 67.8 Å². The number of carbonyl (C=O) groups excluding carboxylic acids is 3. The smallest absolute Gasteiger partial charge is 0.352 e. The number of aromatic nitrogens is 1. The van der Waals surface area contributed by atoms with Gasteiger partial charge in [-0.25, -0.2) is 14.0 Å². The fourth-order valence-electron chi connectivity index (χ4n) is 4.15. The third-order valence-corrected chi connectivity index (χ3v) is 9.55. The summed E-state index contributed by atoms with van der Waals surface area (Å²) in [7, 11) is -2.37. The summed E-state index contributed by atoms with van der Waals surface area (Å²) >= 11 is 2.37. The summed E-state index contributed by atoms with van der Waals surface area (Å²) in [6.45, 7) is 6.52. The number of thioether (sulfide) groups is 1. The van der Waals surface area contributed by atoms with Crippen LogP contribution in [0.5, 0.6) is 0 Å². The molecule has 3 atom stereocenters. The lowest BCUT2D eigenvalue weighted by Gasteiger charge is -2.49. The lowest BCUT2D eigenvalue weighted by atomic mass is 9.97. The van der Waals surface area contributed by atoms with E-state index in [1.54, 1.807) is 51.1 Å². The number of thiazole rings is 1. The number of oxime groups is 1. The highest BCUT2D eigenvalue weighted by atomic mass is 32.2. The quantitative estimate of drug-likeness (QED) is 0.0494. The maximum atomic E-state index is 12.5. The summed E-state index contributed by atoms with van der Waals surface area (Å²) in [5.41, 5.74) is 5.46. The van der Waals surface area contributed by atoms with Crippen LogP contribution in [0.25, 0.3) is 0 Å². The van der Waals surface area contributed by atoms with Crippen LogP contribution in [0.3, 0.4) is 0 Å². The number of hydrogen-bond donors (Lipinski definition) is 4. The molecule has 2 aliphatic heterocycles. The molecule has 2 amide bonds. The van der Waals surface area contributed by atoms with Gasteiger partial charge >= 0.3 is 11.9 Å². The Hall–Kier alpha value is -4.04. The first-order chi connectivity index (χ1) is 22.0. The molecule has 0 aliphatic carbocycles. The first-order valence-corrected chi connectivity index (χ1v) is 17.3. The number of carboxylic acid groups (broad SMARTS) is 1. The standard InChI is InChI=1S/C14H15N5O6S2.C14H20O5S/c1-25-2-5-3-26-12-8(11(21)19(12)9(5)13(22)23)17-10(20)7(18-24)6-4-27-14(15)16-6;1-11(18-13(15)14(2,3)4)19-20(16,17)10-12-8-6-5-7-9-12/h4,8,12,24H,2-3H2,1H3,(H2,15,16)(H,17,20)(H,22,23);5-9,11H,10H2,1-4H3/b18-7-;/t8?,12-;/m1./s1. The molecule has 4 rings (SSSR count). The average Bonchev–Trinajstić information content (AvgIpc) is 3.41. The van der Waals surface area contributed by atoms with Crippen LogP contribution >= 0.6 is 23.1 Å². The fourth-order valence-corrected chi connectivity index (χ4v) is 7.15. The zero-order chi connectivity index (χ0) is 35.1. The predicted molar refractivity (Wildman–Crippen MR) is 172 cm³/mol. The van der Waals surface area contributed by atoms with Gasteiger partial charge in [0.2, 0.25) is 6.29 Å². The monoisotopic (exact) mass is 713 g/mol. The van der Waals surface area contributed by atoms with Gasteiger partial charge in [0, 0.05) is 18.2 Å². The molecule has 5 N–H and O–H groups in total. The Balaban J connectivity index is 0.000000268. The summed E-state index contributed by atoms with van der Waals surface area (Å²) in [5.74, 6) is -3.04. The number of nitrogen functional groups attached to an aromatic ring is 1. The largest absolute Gasteiger partial charge is 0.477 e. The number of aliphatic carboxylic acids is 1. The van der Waals surface area contributed by atoms with Crippen molar-refractivity contribution in [1.82, 2.24) is 15.2 Å². The molecule has 1 aromatic heterocycles. The molecule has 3 heterocycles. The molecule has 1 saturated heterocycles. The van der Waals surface area contributed by atoms with Gasteiger partial charge in [-0.15, -0.1) is 23.1 Å². The van der Waals surface area contributed by atoms with Crippen molar-refractivity contribution in [2.75, 3.05) is 25.2 Å². The number of hydrogen-bond acceptors (Lipinski definition) is 15. The van der Waals surface area contributed by atoms with Gasteiger partial charge in [-0.2, -0.15) is 8.42 Å². The van der Waals surface area contributed by atoms with Crippen molar-refractivity contribution in [3.8, 4) is 0 Å². The minimum atomic E-state index is -3.80. The molecule has 2 aromatic rings. The highest BCUT2D eigenvalue weighted by Gasteiger charge is 2.54. The van der Waals surface area contributed by atoms with E-state index < -0.39 is 57.0 Å². The molecule has 16 nitrogen and oxygen atoms in total.